The summed E-state index contributed by atoms with van der Waals surface area (Å²) in [5, 5.41) is 7.68. The molecule has 8 aromatic rings. The summed E-state index contributed by atoms with van der Waals surface area (Å²) in [6.07, 6.45) is 10.5. The van der Waals surface area contributed by atoms with Gasteiger partial charge in [-0.2, -0.15) is 0 Å². The van der Waals surface area contributed by atoms with Crippen molar-refractivity contribution in [1.82, 2.24) is 4.98 Å². The van der Waals surface area contributed by atoms with Gasteiger partial charge in [0.15, 0.2) is 0 Å². The first kappa shape index (κ1) is 28.7. The molecule has 1 saturated carbocycles. The molecule has 1 heterocycles. The van der Waals surface area contributed by atoms with Crippen molar-refractivity contribution in [3.8, 4) is 44.5 Å². The van der Waals surface area contributed by atoms with Crippen LogP contribution in [-0.4, -0.2) is 4.98 Å². The molecule has 48 heavy (non-hydrogen) atoms. The quantitative estimate of drug-likeness (QED) is 0.176. The molecule has 1 aliphatic rings. The lowest BCUT2D eigenvalue weighted by atomic mass is 9.82. The lowest BCUT2D eigenvalue weighted by molar-refractivity contribution is 0.443. The van der Waals surface area contributed by atoms with Crippen LogP contribution in [0.25, 0.3) is 76.8 Å². The highest BCUT2D eigenvalue weighted by molar-refractivity contribution is 6.21. The van der Waals surface area contributed by atoms with E-state index in [1.807, 2.05) is 18.5 Å². The van der Waals surface area contributed by atoms with Crippen LogP contribution in [-0.2, 0) is 0 Å². The van der Waals surface area contributed by atoms with Gasteiger partial charge in [-0.1, -0.05) is 141 Å². The normalized spacial score (nSPS) is 13.8. The Kier molecular flexibility index (Phi) is 7.32. The second kappa shape index (κ2) is 12.2. The van der Waals surface area contributed by atoms with Crippen LogP contribution in [0.15, 0.2) is 158 Å². The summed E-state index contributed by atoms with van der Waals surface area (Å²) in [6, 6.07) is 54.2. The Morgan fingerprint density at radius 1 is 0.396 bits per heavy atom. The second-order valence-corrected chi connectivity index (χ2v) is 13.4. The van der Waals surface area contributed by atoms with E-state index < -0.39 is 0 Å². The third-order valence-electron chi connectivity index (χ3n) is 10.5. The minimum absolute atomic E-state index is 0.710. The first-order valence-corrected chi connectivity index (χ1v) is 17.4. The van der Waals surface area contributed by atoms with Gasteiger partial charge in [0.2, 0.25) is 0 Å². The van der Waals surface area contributed by atoms with E-state index in [1.54, 1.807) is 0 Å². The minimum atomic E-state index is 0.710. The van der Waals surface area contributed by atoms with E-state index in [1.165, 1.54) is 109 Å². The molecule has 1 nitrogen and oxygen atoms in total. The fourth-order valence-electron chi connectivity index (χ4n) is 8.10. The SMILES string of the molecule is c1cncc(-c2cccc(-c3ccc4ccc(-c5c6ccccc6c(-c6ccc(C7CCCCC7)cc6)c6ccccc56)cc4c3)c2)c1. The summed E-state index contributed by atoms with van der Waals surface area (Å²) in [6.45, 7) is 0. The van der Waals surface area contributed by atoms with Crippen LogP contribution in [0.2, 0.25) is 0 Å². The van der Waals surface area contributed by atoms with Crippen molar-refractivity contribution in [2.45, 2.75) is 38.0 Å². The van der Waals surface area contributed by atoms with E-state index in [9.17, 15) is 0 Å². The summed E-state index contributed by atoms with van der Waals surface area (Å²) in [7, 11) is 0. The third-order valence-corrected chi connectivity index (χ3v) is 10.5. The Morgan fingerprint density at radius 2 is 0.938 bits per heavy atom. The highest BCUT2D eigenvalue weighted by atomic mass is 14.6. The first-order chi connectivity index (χ1) is 23.8. The van der Waals surface area contributed by atoms with Gasteiger partial charge in [0.25, 0.3) is 0 Å². The first-order valence-electron chi connectivity index (χ1n) is 17.4. The molecular weight excluding hydrogens is 579 g/mol. The summed E-state index contributed by atoms with van der Waals surface area (Å²) in [5.41, 5.74) is 11.4. The molecule has 230 valence electrons. The summed E-state index contributed by atoms with van der Waals surface area (Å²) in [5.74, 6) is 0.710. The predicted molar refractivity (Wildman–Crippen MR) is 204 cm³/mol. The molecule has 0 unspecified atom stereocenters. The molecular formula is C47H37N. The van der Waals surface area contributed by atoms with E-state index >= 15 is 0 Å². The average molecular weight is 616 g/mol. The van der Waals surface area contributed by atoms with E-state index in [4.69, 9.17) is 0 Å². The lowest BCUT2D eigenvalue weighted by Crippen LogP contribution is -2.04. The van der Waals surface area contributed by atoms with Gasteiger partial charge in [-0.3, -0.25) is 4.98 Å². The Labute approximate surface area is 282 Å². The van der Waals surface area contributed by atoms with Crippen molar-refractivity contribution < 1.29 is 0 Å². The maximum absolute atomic E-state index is 4.33. The van der Waals surface area contributed by atoms with Crippen LogP contribution in [0.3, 0.4) is 0 Å². The van der Waals surface area contributed by atoms with Gasteiger partial charge in [0.05, 0.1) is 0 Å². The maximum Gasteiger partial charge on any atom is 0.0346 e. The second-order valence-electron chi connectivity index (χ2n) is 13.4. The molecule has 1 aromatic heterocycles. The molecule has 1 aliphatic carbocycles. The van der Waals surface area contributed by atoms with E-state index in [2.05, 4.69) is 145 Å². The van der Waals surface area contributed by atoms with Crippen LogP contribution in [0.4, 0.5) is 0 Å². The number of benzene rings is 7. The van der Waals surface area contributed by atoms with E-state index in [0.29, 0.717) is 5.92 Å². The maximum atomic E-state index is 4.33. The molecule has 0 atom stereocenters. The Bertz CT molecular complexity index is 2360. The molecule has 0 saturated heterocycles. The van der Waals surface area contributed by atoms with Crippen LogP contribution < -0.4 is 0 Å². The van der Waals surface area contributed by atoms with Gasteiger partial charge in [0, 0.05) is 18.0 Å². The largest absolute Gasteiger partial charge is 0.264 e. The zero-order valence-corrected chi connectivity index (χ0v) is 27.1. The minimum Gasteiger partial charge on any atom is -0.264 e. The van der Waals surface area contributed by atoms with Crippen molar-refractivity contribution in [2.24, 2.45) is 0 Å². The number of hydrogen-bond donors (Lipinski definition) is 0. The van der Waals surface area contributed by atoms with Gasteiger partial charge >= 0.3 is 0 Å². The zero-order valence-electron chi connectivity index (χ0n) is 27.1. The summed E-state index contributed by atoms with van der Waals surface area (Å²) < 4.78 is 0. The fraction of sp³-hybridized carbons (Fsp3) is 0.128. The van der Waals surface area contributed by atoms with Crippen LogP contribution in [0.1, 0.15) is 43.6 Å². The van der Waals surface area contributed by atoms with Gasteiger partial charge in [-0.25, -0.2) is 0 Å². The third kappa shape index (κ3) is 5.17. The Balaban J connectivity index is 1.18. The van der Waals surface area contributed by atoms with Crippen molar-refractivity contribution in [1.29, 1.82) is 0 Å². The van der Waals surface area contributed by atoms with E-state index in [0.717, 1.165) is 5.56 Å². The summed E-state index contributed by atoms with van der Waals surface area (Å²) >= 11 is 0. The topological polar surface area (TPSA) is 12.9 Å². The Hall–Kier alpha value is -5.53. The van der Waals surface area contributed by atoms with Crippen molar-refractivity contribution in [2.75, 3.05) is 0 Å². The van der Waals surface area contributed by atoms with Gasteiger partial charge in [-0.05, 0) is 120 Å². The lowest BCUT2D eigenvalue weighted by Gasteiger charge is -2.22. The van der Waals surface area contributed by atoms with Crippen LogP contribution in [0, 0.1) is 0 Å². The molecule has 0 N–H and O–H groups in total. The van der Waals surface area contributed by atoms with Crippen molar-refractivity contribution >= 4 is 32.3 Å². The predicted octanol–water partition coefficient (Wildman–Crippen LogP) is 13.3. The molecule has 0 radical (unpaired) electrons. The zero-order chi connectivity index (χ0) is 31.9. The molecule has 0 amide bonds. The number of fused-ring (bicyclic) bond motifs is 3. The van der Waals surface area contributed by atoms with Crippen molar-refractivity contribution in [3.63, 3.8) is 0 Å². The number of nitrogens with zero attached hydrogens (tertiary/aromatic N) is 1. The molecule has 0 aliphatic heterocycles. The number of aromatic nitrogens is 1. The number of pyridine rings is 1. The standard InChI is InChI=1S/C47H37N/c1-2-10-32(11-3-1)33-19-23-35(24-20-33)46-42-15-4-6-17-44(42)47(45-18-7-5-16-43(45)46)39-26-22-34-21-25-38(29-41(34)30-39)36-12-8-13-37(28-36)40-14-9-27-48-31-40/h4-9,12-32H,1-3,10-11H2. The fourth-order valence-corrected chi connectivity index (χ4v) is 8.10. The van der Waals surface area contributed by atoms with Gasteiger partial charge < -0.3 is 0 Å². The molecule has 1 heteroatoms. The molecule has 0 bridgehead atoms. The number of hydrogen-bond acceptors (Lipinski definition) is 1. The van der Waals surface area contributed by atoms with Gasteiger partial charge in [0.1, 0.15) is 0 Å². The average Bonchev–Trinajstić information content (AvgIpc) is 3.17. The highest BCUT2D eigenvalue weighted by Gasteiger charge is 2.19. The monoisotopic (exact) mass is 615 g/mol. The van der Waals surface area contributed by atoms with E-state index in [-0.39, 0.29) is 0 Å². The smallest absolute Gasteiger partial charge is 0.0346 e. The van der Waals surface area contributed by atoms with Crippen molar-refractivity contribution in [3.05, 3.63) is 164 Å². The molecule has 0 spiro atoms. The van der Waals surface area contributed by atoms with Crippen LogP contribution in [0.5, 0.6) is 0 Å². The van der Waals surface area contributed by atoms with Crippen LogP contribution >= 0.6 is 0 Å². The molecule has 7 aromatic carbocycles. The Morgan fingerprint density at radius 3 is 1.58 bits per heavy atom. The number of rotatable bonds is 5. The highest BCUT2D eigenvalue weighted by Crippen LogP contribution is 2.45. The molecule has 9 rings (SSSR count). The summed E-state index contributed by atoms with van der Waals surface area (Å²) in [4.78, 5) is 4.33. The molecule has 1 fully saturated rings. The van der Waals surface area contributed by atoms with Gasteiger partial charge in [-0.15, -0.1) is 0 Å².